The van der Waals surface area contributed by atoms with Crippen LogP contribution in [0.4, 0.5) is 0 Å². The monoisotopic (exact) mass is 361 g/mol. The molecule has 2 aromatic rings. The lowest BCUT2D eigenvalue weighted by atomic mass is 9.96. The Balaban J connectivity index is 1.65. The molecular formula is C17H27N7S. The Hall–Kier alpha value is -1.96. The molecule has 0 amide bonds. The SMILES string of the molecule is Cc1cnc(CNC(=NCc2nnc(C)n2C)NC2CCCCC2)s1. The van der Waals surface area contributed by atoms with Crippen LogP contribution in [-0.2, 0) is 20.1 Å². The Bertz CT molecular complexity index is 712. The van der Waals surface area contributed by atoms with Crippen molar-refractivity contribution in [1.29, 1.82) is 0 Å². The second kappa shape index (κ2) is 8.42. The highest BCUT2D eigenvalue weighted by Gasteiger charge is 2.15. The third-order valence-corrected chi connectivity index (χ3v) is 5.50. The van der Waals surface area contributed by atoms with Crippen LogP contribution in [0.5, 0.6) is 0 Å². The molecule has 1 aliphatic rings. The van der Waals surface area contributed by atoms with Crippen LogP contribution in [0.25, 0.3) is 0 Å². The third kappa shape index (κ3) is 5.01. The van der Waals surface area contributed by atoms with Crippen LogP contribution in [-0.4, -0.2) is 31.7 Å². The Morgan fingerprint density at radius 2 is 2.08 bits per heavy atom. The molecule has 2 aromatic heterocycles. The summed E-state index contributed by atoms with van der Waals surface area (Å²) in [5.41, 5.74) is 0. The van der Waals surface area contributed by atoms with Gasteiger partial charge in [0, 0.05) is 24.2 Å². The minimum atomic E-state index is 0.499. The van der Waals surface area contributed by atoms with Gasteiger partial charge in [0.1, 0.15) is 17.4 Å². The van der Waals surface area contributed by atoms with Crippen LogP contribution in [0.1, 0.15) is 53.6 Å². The second-order valence-corrected chi connectivity index (χ2v) is 7.90. The molecule has 0 bridgehead atoms. The number of hydrogen-bond acceptors (Lipinski definition) is 5. The molecule has 0 unspecified atom stereocenters. The van der Waals surface area contributed by atoms with Gasteiger partial charge in [-0.05, 0) is 26.7 Å². The fourth-order valence-corrected chi connectivity index (χ4v) is 3.70. The molecule has 1 fully saturated rings. The smallest absolute Gasteiger partial charge is 0.192 e. The van der Waals surface area contributed by atoms with Crippen molar-refractivity contribution in [2.24, 2.45) is 12.0 Å². The Kier molecular flexibility index (Phi) is 6.01. The van der Waals surface area contributed by atoms with E-state index in [0.717, 1.165) is 22.6 Å². The topological polar surface area (TPSA) is 80.0 Å². The number of thiazole rings is 1. The van der Waals surface area contributed by atoms with Crippen molar-refractivity contribution in [3.05, 3.63) is 27.7 Å². The van der Waals surface area contributed by atoms with Crippen LogP contribution >= 0.6 is 11.3 Å². The maximum Gasteiger partial charge on any atom is 0.192 e. The standard InChI is InChI=1S/C17H27N7S/c1-12-9-18-16(25-12)11-20-17(21-14-7-5-4-6-8-14)19-10-15-23-22-13(2)24(15)3/h9,14H,4-8,10-11H2,1-3H3,(H2,19,20,21). The number of rotatable bonds is 5. The number of guanidine groups is 1. The van der Waals surface area contributed by atoms with Crippen molar-refractivity contribution in [3.63, 3.8) is 0 Å². The predicted octanol–water partition coefficient (Wildman–Crippen LogP) is 2.46. The van der Waals surface area contributed by atoms with Crippen molar-refractivity contribution in [1.82, 2.24) is 30.4 Å². The van der Waals surface area contributed by atoms with Gasteiger partial charge in [0.05, 0.1) is 6.54 Å². The molecule has 0 radical (unpaired) electrons. The summed E-state index contributed by atoms with van der Waals surface area (Å²) in [6.45, 7) is 5.22. The first-order chi connectivity index (χ1) is 12.1. The van der Waals surface area contributed by atoms with Crippen molar-refractivity contribution in [2.75, 3.05) is 0 Å². The molecule has 3 rings (SSSR count). The average Bonchev–Trinajstić information content (AvgIpc) is 3.18. The molecule has 1 aliphatic carbocycles. The van der Waals surface area contributed by atoms with E-state index < -0.39 is 0 Å². The maximum absolute atomic E-state index is 4.73. The molecule has 8 heteroatoms. The first-order valence-electron chi connectivity index (χ1n) is 8.93. The van der Waals surface area contributed by atoms with Gasteiger partial charge in [0.25, 0.3) is 0 Å². The van der Waals surface area contributed by atoms with E-state index in [1.807, 2.05) is 24.7 Å². The zero-order chi connectivity index (χ0) is 17.6. The fourth-order valence-electron chi connectivity index (χ4n) is 2.97. The number of aryl methyl sites for hydroxylation is 2. The van der Waals surface area contributed by atoms with Crippen molar-refractivity contribution in [3.8, 4) is 0 Å². The number of nitrogens with zero attached hydrogens (tertiary/aromatic N) is 5. The molecule has 0 spiro atoms. The van der Waals surface area contributed by atoms with E-state index in [9.17, 15) is 0 Å². The average molecular weight is 362 g/mol. The summed E-state index contributed by atoms with van der Waals surface area (Å²) in [6, 6.07) is 0.499. The Morgan fingerprint density at radius 1 is 1.28 bits per heavy atom. The second-order valence-electron chi connectivity index (χ2n) is 6.58. The van der Waals surface area contributed by atoms with Gasteiger partial charge in [-0.3, -0.25) is 0 Å². The van der Waals surface area contributed by atoms with E-state index >= 15 is 0 Å². The minimum Gasteiger partial charge on any atom is -0.354 e. The molecule has 0 aromatic carbocycles. The summed E-state index contributed by atoms with van der Waals surface area (Å²) in [6.07, 6.45) is 8.25. The first kappa shape index (κ1) is 17.8. The first-order valence-corrected chi connectivity index (χ1v) is 9.74. The zero-order valence-corrected chi connectivity index (χ0v) is 16.1. The quantitative estimate of drug-likeness (QED) is 0.632. The Morgan fingerprint density at radius 3 is 2.72 bits per heavy atom. The summed E-state index contributed by atoms with van der Waals surface area (Å²) in [5, 5.41) is 16.4. The normalized spacial score (nSPS) is 16.2. The summed E-state index contributed by atoms with van der Waals surface area (Å²) in [4.78, 5) is 10.4. The predicted molar refractivity (Wildman–Crippen MR) is 101 cm³/mol. The number of nitrogens with one attached hydrogen (secondary N) is 2. The van der Waals surface area contributed by atoms with Gasteiger partial charge in [-0.15, -0.1) is 21.5 Å². The molecule has 25 heavy (non-hydrogen) atoms. The molecule has 136 valence electrons. The fraction of sp³-hybridized carbons (Fsp3) is 0.647. The molecule has 2 heterocycles. The van der Waals surface area contributed by atoms with E-state index in [-0.39, 0.29) is 0 Å². The largest absolute Gasteiger partial charge is 0.354 e. The van der Waals surface area contributed by atoms with Gasteiger partial charge in [0.15, 0.2) is 11.8 Å². The third-order valence-electron chi connectivity index (χ3n) is 4.58. The van der Waals surface area contributed by atoms with E-state index in [4.69, 9.17) is 4.99 Å². The molecule has 2 N–H and O–H groups in total. The van der Waals surface area contributed by atoms with Gasteiger partial charge >= 0.3 is 0 Å². The van der Waals surface area contributed by atoms with Gasteiger partial charge in [-0.25, -0.2) is 9.98 Å². The van der Waals surface area contributed by atoms with Crippen LogP contribution in [0.3, 0.4) is 0 Å². The maximum atomic E-state index is 4.73. The molecular weight excluding hydrogens is 334 g/mol. The summed E-state index contributed by atoms with van der Waals surface area (Å²) < 4.78 is 1.98. The summed E-state index contributed by atoms with van der Waals surface area (Å²) in [7, 11) is 1.97. The number of hydrogen-bond donors (Lipinski definition) is 2. The minimum absolute atomic E-state index is 0.499. The van der Waals surface area contributed by atoms with Crippen LogP contribution < -0.4 is 10.6 Å². The van der Waals surface area contributed by atoms with E-state index in [1.54, 1.807) is 11.3 Å². The lowest BCUT2D eigenvalue weighted by Gasteiger charge is -2.25. The number of aliphatic imine (C=N–C) groups is 1. The highest BCUT2D eigenvalue weighted by molar-refractivity contribution is 7.11. The highest BCUT2D eigenvalue weighted by Crippen LogP contribution is 2.17. The number of aromatic nitrogens is 4. The molecule has 0 atom stereocenters. The van der Waals surface area contributed by atoms with Gasteiger partial charge in [-0.1, -0.05) is 19.3 Å². The highest BCUT2D eigenvalue weighted by atomic mass is 32.1. The lowest BCUT2D eigenvalue weighted by Crippen LogP contribution is -2.44. The zero-order valence-electron chi connectivity index (χ0n) is 15.2. The van der Waals surface area contributed by atoms with Crippen molar-refractivity contribution < 1.29 is 0 Å². The van der Waals surface area contributed by atoms with Crippen LogP contribution in [0.15, 0.2) is 11.2 Å². The van der Waals surface area contributed by atoms with Gasteiger partial charge in [0.2, 0.25) is 0 Å². The van der Waals surface area contributed by atoms with Gasteiger partial charge in [-0.2, -0.15) is 0 Å². The van der Waals surface area contributed by atoms with Crippen LogP contribution in [0, 0.1) is 13.8 Å². The molecule has 7 nitrogen and oxygen atoms in total. The van der Waals surface area contributed by atoms with Crippen molar-refractivity contribution in [2.45, 2.75) is 65.1 Å². The van der Waals surface area contributed by atoms with E-state index in [1.165, 1.54) is 37.0 Å². The molecule has 0 saturated heterocycles. The Labute approximate surface area is 153 Å². The van der Waals surface area contributed by atoms with E-state index in [2.05, 4.69) is 32.7 Å². The molecule has 0 aliphatic heterocycles. The lowest BCUT2D eigenvalue weighted by molar-refractivity contribution is 0.409. The molecule has 1 saturated carbocycles. The van der Waals surface area contributed by atoms with Crippen LogP contribution in [0.2, 0.25) is 0 Å². The van der Waals surface area contributed by atoms with Gasteiger partial charge < -0.3 is 15.2 Å². The summed E-state index contributed by atoms with van der Waals surface area (Å²) in [5.74, 6) is 2.60. The van der Waals surface area contributed by atoms with E-state index in [0.29, 0.717) is 19.1 Å². The summed E-state index contributed by atoms with van der Waals surface area (Å²) >= 11 is 1.71. The van der Waals surface area contributed by atoms with Crippen molar-refractivity contribution >= 4 is 17.3 Å².